The lowest BCUT2D eigenvalue weighted by Gasteiger charge is -2.23. The maximum absolute atomic E-state index is 13.4. The lowest BCUT2D eigenvalue weighted by molar-refractivity contribution is -0.136. The molecule has 0 bridgehead atoms. The van der Waals surface area contributed by atoms with Gasteiger partial charge in [-0.2, -0.15) is 13.2 Å². The van der Waals surface area contributed by atoms with Crippen molar-refractivity contribution in [3.63, 3.8) is 0 Å². The summed E-state index contributed by atoms with van der Waals surface area (Å²) in [6.45, 7) is -0.412. The van der Waals surface area contributed by atoms with Gasteiger partial charge in [0.1, 0.15) is 16.3 Å². The summed E-state index contributed by atoms with van der Waals surface area (Å²) < 4.78 is 45.6. The van der Waals surface area contributed by atoms with Gasteiger partial charge in [0.15, 0.2) is 0 Å². The third kappa shape index (κ3) is 4.21. The van der Waals surface area contributed by atoms with Crippen molar-refractivity contribution in [1.29, 1.82) is 0 Å². The summed E-state index contributed by atoms with van der Waals surface area (Å²) in [5.41, 5.74) is -2.08. The molecule has 0 radical (unpaired) electrons. The molecule has 1 fully saturated rings. The monoisotopic (exact) mass is 416 g/mol. The molecular formula is C18H19F3N2O4S. The molecule has 3 rings (SSSR count). The molecule has 152 valence electrons. The molecule has 2 aromatic rings. The highest BCUT2D eigenvalue weighted by Crippen LogP contribution is 2.37. The highest BCUT2D eigenvalue weighted by molar-refractivity contribution is 7.20. The number of nitrogens with zero attached hydrogens (tertiary/aromatic N) is 1. The van der Waals surface area contributed by atoms with Crippen molar-refractivity contribution in [3.05, 3.63) is 32.9 Å². The number of halogens is 3. The first kappa shape index (κ1) is 20.4. The van der Waals surface area contributed by atoms with Crippen LogP contribution in [0, 0.1) is 0 Å². The summed E-state index contributed by atoms with van der Waals surface area (Å²) in [6.07, 6.45) is 0.0287. The second-order valence-electron chi connectivity index (χ2n) is 6.70. The van der Waals surface area contributed by atoms with Crippen molar-refractivity contribution in [3.8, 4) is 0 Å². The van der Waals surface area contributed by atoms with Crippen LogP contribution in [0.2, 0.25) is 0 Å². The number of carbonyl (C=O) groups is 2. The highest BCUT2D eigenvalue weighted by Gasteiger charge is 2.35. The van der Waals surface area contributed by atoms with Crippen LogP contribution >= 0.6 is 11.3 Å². The molecule has 6 nitrogen and oxygen atoms in total. The summed E-state index contributed by atoms with van der Waals surface area (Å²) in [6, 6.07) is 1.52. The van der Waals surface area contributed by atoms with E-state index in [1.165, 1.54) is 0 Å². The number of hydrogen-bond acceptors (Lipinski definition) is 5. The van der Waals surface area contributed by atoms with Gasteiger partial charge in [-0.15, -0.1) is 11.3 Å². The number of methoxy groups -OCH3 is 1. The Labute approximate surface area is 162 Å². The number of fused-ring (bicyclic) bond motifs is 1. The smallest absolute Gasteiger partial charge is 0.417 e. The van der Waals surface area contributed by atoms with Crippen LogP contribution in [-0.4, -0.2) is 29.6 Å². The van der Waals surface area contributed by atoms with Crippen LogP contribution in [0.5, 0.6) is 0 Å². The van der Waals surface area contributed by atoms with E-state index >= 15 is 0 Å². The van der Waals surface area contributed by atoms with Gasteiger partial charge in [0.05, 0.1) is 12.7 Å². The van der Waals surface area contributed by atoms with Gasteiger partial charge in [-0.3, -0.25) is 14.2 Å². The van der Waals surface area contributed by atoms with Gasteiger partial charge in [0, 0.05) is 17.5 Å². The van der Waals surface area contributed by atoms with Gasteiger partial charge in [0.2, 0.25) is 5.91 Å². The first-order chi connectivity index (χ1) is 13.2. The number of ether oxygens (including phenoxy) is 1. The number of alkyl halides is 3. The van der Waals surface area contributed by atoms with Crippen molar-refractivity contribution < 1.29 is 27.5 Å². The number of carbonyl (C=O) groups excluding carboxylic acids is 2. The molecule has 1 saturated carbocycles. The Bertz CT molecular complexity index is 958. The predicted octanol–water partition coefficient (Wildman–Crippen LogP) is 3.32. The van der Waals surface area contributed by atoms with E-state index in [-0.39, 0.29) is 21.1 Å². The van der Waals surface area contributed by atoms with Gasteiger partial charge in [-0.1, -0.05) is 19.3 Å². The zero-order valence-corrected chi connectivity index (χ0v) is 15.9. The van der Waals surface area contributed by atoms with Crippen LogP contribution in [0.25, 0.3) is 10.2 Å². The number of pyridine rings is 1. The lowest BCUT2D eigenvalue weighted by atomic mass is 9.95. The summed E-state index contributed by atoms with van der Waals surface area (Å²) in [5.74, 6) is -1.25. The number of nitrogens with one attached hydrogen (secondary N) is 1. The van der Waals surface area contributed by atoms with Crippen molar-refractivity contribution in [2.24, 2.45) is 0 Å². The molecule has 0 unspecified atom stereocenters. The normalized spacial score (nSPS) is 15.6. The van der Waals surface area contributed by atoms with E-state index in [1.54, 1.807) is 0 Å². The minimum Gasteiger partial charge on any atom is -0.465 e. The summed E-state index contributed by atoms with van der Waals surface area (Å²) >= 11 is 0.698. The Morgan fingerprint density at radius 2 is 1.93 bits per heavy atom. The summed E-state index contributed by atoms with van der Waals surface area (Å²) in [7, 11) is 1.11. The third-order valence-electron chi connectivity index (χ3n) is 4.75. The quantitative estimate of drug-likeness (QED) is 0.776. The minimum atomic E-state index is -4.77. The van der Waals surface area contributed by atoms with Crippen molar-refractivity contribution in [2.45, 2.75) is 50.9 Å². The molecule has 0 aliphatic heterocycles. The van der Waals surface area contributed by atoms with Crippen LogP contribution in [0.3, 0.4) is 0 Å². The van der Waals surface area contributed by atoms with Gasteiger partial charge < -0.3 is 10.1 Å². The number of hydrogen-bond donors (Lipinski definition) is 1. The average Bonchev–Trinajstić information content (AvgIpc) is 3.08. The Hall–Kier alpha value is -2.36. The molecule has 0 aromatic carbocycles. The molecule has 1 amide bonds. The molecule has 0 saturated heterocycles. The number of amides is 1. The van der Waals surface area contributed by atoms with E-state index in [0.717, 1.165) is 49.8 Å². The molecule has 0 spiro atoms. The second kappa shape index (κ2) is 7.94. The molecule has 1 N–H and O–H groups in total. The van der Waals surface area contributed by atoms with E-state index in [1.807, 2.05) is 0 Å². The maximum Gasteiger partial charge on any atom is 0.417 e. The minimum absolute atomic E-state index is 0.0101. The SMILES string of the molecule is COC(=O)c1cc2c(C(F)(F)F)cc(=O)n(CC(=O)NC3CCCCC3)c2s1. The molecule has 0 atom stereocenters. The second-order valence-corrected chi connectivity index (χ2v) is 7.73. The lowest BCUT2D eigenvalue weighted by Crippen LogP contribution is -2.39. The van der Waals surface area contributed by atoms with E-state index in [2.05, 4.69) is 10.1 Å². The van der Waals surface area contributed by atoms with Crippen molar-refractivity contribution in [2.75, 3.05) is 7.11 Å². The summed E-state index contributed by atoms with van der Waals surface area (Å²) in [5, 5.41) is 2.53. The maximum atomic E-state index is 13.4. The third-order valence-corrected chi connectivity index (χ3v) is 5.88. The molecule has 28 heavy (non-hydrogen) atoms. The number of rotatable bonds is 4. The number of esters is 1. The summed E-state index contributed by atoms with van der Waals surface area (Å²) in [4.78, 5) is 36.3. The fraction of sp³-hybridized carbons (Fsp3) is 0.500. The zero-order chi connectivity index (χ0) is 20.5. The fourth-order valence-corrected chi connectivity index (χ4v) is 4.50. The fourth-order valence-electron chi connectivity index (χ4n) is 3.40. The van der Waals surface area contributed by atoms with Gasteiger partial charge in [0.25, 0.3) is 5.56 Å². The first-order valence-electron chi connectivity index (χ1n) is 8.83. The Balaban J connectivity index is 2.00. The van der Waals surface area contributed by atoms with Crippen molar-refractivity contribution >= 4 is 33.4 Å². The van der Waals surface area contributed by atoms with Crippen LogP contribution in [0.4, 0.5) is 13.2 Å². The van der Waals surface area contributed by atoms with Crippen molar-refractivity contribution in [1.82, 2.24) is 9.88 Å². The van der Waals surface area contributed by atoms with Crippen LogP contribution < -0.4 is 10.9 Å². The largest absolute Gasteiger partial charge is 0.465 e. The Morgan fingerprint density at radius 1 is 1.25 bits per heavy atom. The first-order valence-corrected chi connectivity index (χ1v) is 9.64. The van der Waals surface area contributed by atoms with Gasteiger partial charge in [-0.25, -0.2) is 4.79 Å². The van der Waals surface area contributed by atoms with E-state index in [0.29, 0.717) is 17.4 Å². The van der Waals surface area contributed by atoms with Crippen LogP contribution in [-0.2, 0) is 22.3 Å². The van der Waals surface area contributed by atoms with E-state index in [4.69, 9.17) is 0 Å². The van der Waals surface area contributed by atoms with Crippen LogP contribution in [0.1, 0.15) is 47.3 Å². The number of aromatic nitrogens is 1. The molecule has 2 aromatic heterocycles. The molecular weight excluding hydrogens is 397 g/mol. The zero-order valence-electron chi connectivity index (χ0n) is 15.1. The Kier molecular flexibility index (Phi) is 5.78. The molecule has 2 heterocycles. The Morgan fingerprint density at radius 3 is 2.54 bits per heavy atom. The van der Waals surface area contributed by atoms with Crippen LogP contribution in [0.15, 0.2) is 16.9 Å². The molecule has 10 heteroatoms. The predicted molar refractivity (Wildman–Crippen MR) is 97.4 cm³/mol. The van der Waals surface area contributed by atoms with E-state index < -0.39 is 35.7 Å². The topological polar surface area (TPSA) is 77.4 Å². The standard InChI is InChI=1S/C18H19F3N2O4S/c1-27-17(26)13-7-11-12(18(19,20)21)8-15(25)23(16(11)28-13)9-14(24)22-10-5-3-2-4-6-10/h7-8,10H,2-6,9H2,1H3,(H,22,24). The van der Waals surface area contributed by atoms with Gasteiger partial charge >= 0.3 is 12.1 Å². The van der Waals surface area contributed by atoms with E-state index in [9.17, 15) is 27.6 Å². The molecule has 1 aliphatic rings. The van der Waals surface area contributed by atoms with Gasteiger partial charge in [-0.05, 0) is 18.9 Å². The average molecular weight is 416 g/mol. The number of thiophene rings is 1. The molecule has 1 aliphatic carbocycles. The highest BCUT2D eigenvalue weighted by atomic mass is 32.1.